The van der Waals surface area contributed by atoms with Gasteiger partial charge in [-0.05, 0) is 18.6 Å². The van der Waals surface area contributed by atoms with Crippen molar-refractivity contribution in [3.8, 4) is 0 Å². The summed E-state index contributed by atoms with van der Waals surface area (Å²) in [7, 11) is 0. The SMILES string of the molecule is CCSC1CCCC1Nc1c(F)cc([N+](=O)[O-])cc1F. The summed E-state index contributed by atoms with van der Waals surface area (Å²) in [5.41, 5.74) is -0.833. The van der Waals surface area contributed by atoms with Crippen molar-refractivity contribution in [2.24, 2.45) is 0 Å². The van der Waals surface area contributed by atoms with Crippen LogP contribution >= 0.6 is 11.8 Å². The van der Waals surface area contributed by atoms with Crippen molar-refractivity contribution in [1.29, 1.82) is 0 Å². The summed E-state index contributed by atoms with van der Waals surface area (Å²) in [5, 5.41) is 13.8. The molecule has 0 aliphatic heterocycles. The van der Waals surface area contributed by atoms with Gasteiger partial charge in [0.2, 0.25) is 0 Å². The maximum atomic E-state index is 13.8. The molecule has 1 aliphatic rings. The van der Waals surface area contributed by atoms with Crippen LogP contribution in [0.25, 0.3) is 0 Å². The van der Waals surface area contributed by atoms with Gasteiger partial charge in [-0.15, -0.1) is 0 Å². The van der Waals surface area contributed by atoms with E-state index >= 15 is 0 Å². The van der Waals surface area contributed by atoms with E-state index in [1.807, 2.05) is 6.92 Å². The normalized spacial score (nSPS) is 21.9. The van der Waals surface area contributed by atoms with Crippen LogP contribution in [0.2, 0.25) is 0 Å². The van der Waals surface area contributed by atoms with Crippen molar-refractivity contribution in [2.75, 3.05) is 11.1 Å². The monoisotopic (exact) mass is 302 g/mol. The van der Waals surface area contributed by atoms with E-state index < -0.39 is 22.2 Å². The lowest BCUT2D eigenvalue weighted by Gasteiger charge is -2.21. The number of thioether (sulfide) groups is 1. The zero-order valence-corrected chi connectivity index (χ0v) is 11.9. The van der Waals surface area contributed by atoms with Gasteiger partial charge < -0.3 is 5.32 Å². The van der Waals surface area contributed by atoms with Crippen LogP contribution in [-0.4, -0.2) is 22.0 Å². The molecule has 110 valence electrons. The molecule has 20 heavy (non-hydrogen) atoms. The number of nitro benzene ring substituents is 1. The van der Waals surface area contributed by atoms with Crippen molar-refractivity contribution in [1.82, 2.24) is 0 Å². The first kappa shape index (κ1) is 15.0. The van der Waals surface area contributed by atoms with Crippen molar-refractivity contribution in [3.05, 3.63) is 33.9 Å². The molecule has 1 fully saturated rings. The molecule has 0 bridgehead atoms. The molecule has 1 aliphatic carbocycles. The summed E-state index contributed by atoms with van der Waals surface area (Å²) in [5.74, 6) is -0.874. The Hall–Kier alpha value is -1.37. The minimum atomic E-state index is -0.913. The van der Waals surface area contributed by atoms with Crippen LogP contribution in [0, 0.1) is 21.7 Å². The molecule has 0 saturated heterocycles. The van der Waals surface area contributed by atoms with Crippen LogP contribution in [0.4, 0.5) is 20.2 Å². The lowest BCUT2D eigenvalue weighted by molar-refractivity contribution is -0.385. The number of halogens is 2. The van der Waals surface area contributed by atoms with E-state index in [0.29, 0.717) is 5.25 Å². The van der Waals surface area contributed by atoms with E-state index in [9.17, 15) is 18.9 Å². The molecule has 1 saturated carbocycles. The van der Waals surface area contributed by atoms with Crippen LogP contribution in [0.3, 0.4) is 0 Å². The van der Waals surface area contributed by atoms with Crippen molar-refractivity contribution >= 4 is 23.1 Å². The number of nitro groups is 1. The molecule has 0 amide bonds. The summed E-state index contributed by atoms with van der Waals surface area (Å²) in [4.78, 5) is 9.74. The first-order valence-corrected chi connectivity index (χ1v) is 7.59. The van der Waals surface area contributed by atoms with Gasteiger partial charge in [0.15, 0.2) is 11.6 Å². The van der Waals surface area contributed by atoms with E-state index in [-0.39, 0.29) is 11.7 Å². The smallest absolute Gasteiger partial charge is 0.275 e. The van der Waals surface area contributed by atoms with Crippen molar-refractivity contribution in [2.45, 2.75) is 37.5 Å². The topological polar surface area (TPSA) is 55.2 Å². The maximum absolute atomic E-state index is 13.8. The third-order valence-corrected chi connectivity index (χ3v) is 4.73. The number of hydrogen-bond acceptors (Lipinski definition) is 4. The second kappa shape index (κ2) is 6.39. The van der Waals surface area contributed by atoms with Gasteiger partial charge in [0.05, 0.1) is 17.1 Å². The Bertz CT molecular complexity index is 490. The first-order valence-electron chi connectivity index (χ1n) is 6.54. The number of anilines is 1. The van der Waals surface area contributed by atoms with Crippen LogP contribution in [0.1, 0.15) is 26.2 Å². The van der Waals surface area contributed by atoms with Crippen LogP contribution < -0.4 is 5.32 Å². The van der Waals surface area contributed by atoms with Crippen molar-refractivity contribution < 1.29 is 13.7 Å². The van der Waals surface area contributed by atoms with Gasteiger partial charge in [0.25, 0.3) is 5.69 Å². The van der Waals surface area contributed by atoms with E-state index in [2.05, 4.69) is 5.32 Å². The summed E-state index contributed by atoms with van der Waals surface area (Å²) < 4.78 is 27.6. The Balaban J connectivity index is 2.19. The van der Waals surface area contributed by atoms with Gasteiger partial charge in [-0.25, -0.2) is 8.78 Å². The second-order valence-corrected chi connectivity index (χ2v) is 6.23. The van der Waals surface area contributed by atoms with Crippen LogP contribution in [0.15, 0.2) is 12.1 Å². The molecule has 2 rings (SSSR count). The highest BCUT2D eigenvalue weighted by Crippen LogP contribution is 2.34. The Morgan fingerprint density at radius 2 is 2.05 bits per heavy atom. The highest BCUT2D eigenvalue weighted by Gasteiger charge is 2.29. The lowest BCUT2D eigenvalue weighted by Crippen LogP contribution is -2.27. The number of nitrogens with one attached hydrogen (secondary N) is 1. The van der Waals surface area contributed by atoms with Gasteiger partial charge >= 0.3 is 0 Å². The number of benzene rings is 1. The Morgan fingerprint density at radius 1 is 1.40 bits per heavy atom. The molecule has 0 radical (unpaired) electrons. The van der Waals surface area contributed by atoms with E-state index in [0.717, 1.165) is 37.1 Å². The quantitative estimate of drug-likeness (QED) is 0.661. The van der Waals surface area contributed by atoms with Gasteiger partial charge in [0.1, 0.15) is 5.69 Å². The molecular weight excluding hydrogens is 286 g/mol. The zero-order chi connectivity index (χ0) is 14.7. The molecule has 0 spiro atoms. The highest BCUT2D eigenvalue weighted by molar-refractivity contribution is 7.99. The highest BCUT2D eigenvalue weighted by atomic mass is 32.2. The zero-order valence-electron chi connectivity index (χ0n) is 11.1. The third-order valence-electron chi connectivity index (χ3n) is 3.40. The fourth-order valence-corrected chi connectivity index (χ4v) is 3.69. The first-order chi connectivity index (χ1) is 9.52. The predicted molar refractivity (Wildman–Crippen MR) is 76.2 cm³/mol. The molecule has 2 unspecified atom stereocenters. The Kier molecular flexibility index (Phi) is 4.80. The third kappa shape index (κ3) is 3.20. The fraction of sp³-hybridized carbons (Fsp3) is 0.538. The maximum Gasteiger partial charge on any atom is 0.275 e. The Labute approximate surface area is 120 Å². The minimum Gasteiger partial charge on any atom is -0.376 e. The molecule has 2 atom stereocenters. The molecule has 0 aromatic heterocycles. The van der Waals surface area contributed by atoms with Gasteiger partial charge in [0, 0.05) is 11.3 Å². The summed E-state index contributed by atoms with van der Waals surface area (Å²) in [6.45, 7) is 2.05. The fourth-order valence-electron chi connectivity index (χ4n) is 2.49. The number of rotatable bonds is 5. The molecular formula is C13H16F2N2O2S. The molecule has 7 heteroatoms. The van der Waals surface area contributed by atoms with Crippen molar-refractivity contribution in [3.63, 3.8) is 0 Å². The lowest BCUT2D eigenvalue weighted by atomic mass is 10.2. The molecule has 1 aromatic rings. The van der Waals surface area contributed by atoms with E-state index in [1.165, 1.54) is 0 Å². The average Bonchev–Trinajstić information content (AvgIpc) is 2.81. The molecule has 1 N–H and O–H groups in total. The number of hydrogen-bond donors (Lipinski definition) is 1. The standard InChI is InChI=1S/C13H16F2N2O2S/c1-2-20-12-5-3-4-11(12)16-13-9(14)6-8(17(18)19)7-10(13)15/h6-7,11-12,16H,2-5H2,1H3. The summed E-state index contributed by atoms with van der Waals surface area (Å²) in [6, 6.07) is 1.51. The molecule has 4 nitrogen and oxygen atoms in total. The molecule has 1 aromatic carbocycles. The molecule has 0 heterocycles. The number of nitrogens with zero attached hydrogens (tertiary/aromatic N) is 1. The summed E-state index contributed by atoms with van der Waals surface area (Å²) >= 11 is 1.77. The van der Waals surface area contributed by atoms with Crippen LogP contribution in [-0.2, 0) is 0 Å². The minimum absolute atomic E-state index is 0.00501. The predicted octanol–water partition coefficient (Wildman–Crippen LogP) is 3.96. The van der Waals surface area contributed by atoms with Crippen LogP contribution in [0.5, 0.6) is 0 Å². The average molecular weight is 302 g/mol. The number of non-ortho nitro benzene ring substituents is 1. The Morgan fingerprint density at radius 3 is 2.60 bits per heavy atom. The van der Waals surface area contributed by atoms with Gasteiger partial charge in [-0.2, -0.15) is 11.8 Å². The largest absolute Gasteiger partial charge is 0.376 e. The second-order valence-electron chi connectivity index (χ2n) is 4.72. The van der Waals surface area contributed by atoms with E-state index in [4.69, 9.17) is 0 Å². The van der Waals surface area contributed by atoms with Gasteiger partial charge in [-0.1, -0.05) is 13.3 Å². The van der Waals surface area contributed by atoms with E-state index in [1.54, 1.807) is 11.8 Å². The van der Waals surface area contributed by atoms with Gasteiger partial charge in [-0.3, -0.25) is 10.1 Å². The summed E-state index contributed by atoms with van der Waals surface area (Å²) in [6.07, 6.45) is 2.89.